The van der Waals surface area contributed by atoms with Gasteiger partial charge in [0.1, 0.15) is 12.4 Å². The van der Waals surface area contributed by atoms with Gasteiger partial charge in [0, 0.05) is 51.7 Å². The summed E-state index contributed by atoms with van der Waals surface area (Å²) in [4.78, 5) is 4.05. The smallest absolute Gasteiger partial charge is 0.123 e. The predicted octanol–water partition coefficient (Wildman–Crippen LogP) is 1.19. The molecular formula is C12H20N2O2. The number of aliphatic hydroxyl groups excluding tert-OH is 1. The van der Waals surface area contributed by atoms with Gasteiger partial charge >= 0.3 is 0 Å². The number of hydrogen-bond donors (Lipinski definition) is 1. The van der Waals surface area contributed by atoms with E-state index in [4.69, 9.17) is 9.84 Å². The predicted molar refractivity (Wildman–Crippen MR) is 67.7 cm³/mol. The van der Waals surface area contributed by atoms with Crippen molar-refractivity contribution in [2.75, 3.05) is 51.2 Å². The molecule has 0 aliphatic heterocycles. The van der Waals surface area contributed by atoms with Crippen molar-refractivity contribution in [3.63, 3.8) is 0 Å². The summed E-state index contributed by atoms with van der Waals surface area (Å²) >= 11 is 0. The van der Waals surface area contributed by atoms with Crippen LogP contribution in [0.4, 0.5) is 11.4 Å². The topological polar surface area (TPSA) is 35.9 Å². The summed E-state index contributed by atoms with van der Waals surface area (Å²) in [5, 5.41) is 8.74. The molecule has 0 unspecified atom stereocenters. The number of aliphatic hydroxyl groups is 1. The summed E-state index contributed by atoms with van der Waals surface area (Å²) in [7, 11) is 7.96. The van der Waals surface area contributed by atoms with Crippen molar-refractivity contribution in [1.29, 1.82) is 0 Å². The van der Waals surface area contributed by atoms with E-state index in [1.807, 2.05) is 50.1 Å². The third-order valence-electron chi connectivity index (χ3n) is 2.27. The van der Waals surface area contributed by atoms with Gasteiger partial charge < -0.3 is 19.6 Å². The first kappa shape index (κ1) is 12.6. The Kier molecular flexibility index (Phi) is 4.43. The van der Waals surface area contributed by atoms with Crippen molar-refractivity contribution in [2.45, 2.75) is 0 Å². The van der Waals surface area contributed by atoms with Crippen LogP contribution in [0, 0.1) is 0 Å². The molecule has 1 rings (SSSR count). The molecule has 0 aromatic heterocycles. The van der Waals surface area contributed by atoms with Gasteiger partial charge in [-0.25, -0.2) is 0 Å². The van der Waals surface area contributed by atoms with Crippen molar-refractivity contribution in [2.24, 2.45) is 0 Å². The Morgan fingerprint density at radius 3 is 1.88 bits per heavy atom. The van der Waals surface area contributed by atoms with E-state index < -0.39 is 0 Å². The van der Waals surface area contributed by atoms with Crippen molar-refractivity contribution in [1.82, 2.24) is 0 Å². The molecule has 0 atom stereocenters. The van der Waals surface area contributed by atoms with Gasteiger partial charge in [-0.1, -0.05) is 0 Å². The number of rotatable bonds is 5. The molecule has 0 saturated carbocycles. The number of ether oxygens (including phenoxy) is 1. The second-order valence-electron chi connectivity index (χ2n) is 4.05. The summed E-state index contributed by atoms with van der Waals surface area (Å²) in [6, 6.07) is 6.01. The second kappa shape index (κ2) is 5.61. The fourth-order valence-corrected chi connectivity index (χ4v) is 1.33. The van der Waals surface area contributed by atoms with Gasteiger partial charge in [0.15, 0.2) is 0 Å². The van der Waals surface area contributed by atoms with E-state index in [0.717, 1.165) is 17.1 Å². The number of hydrogen-bond acceptors (Lipinski definition) is 4. The Labute approximate surface area is 97.0 Å². The zero-order valence-corrected chi connectivity index (χ0v) is 10.4. The molecule has 0 amide bonds. The molecule has 4 heteroatoms. The Hall–Kier alpha value is -1.42. The minimum absolute atomic E-state index is 0.0312. The second-order valence-corrected chi connectivity index (χ2v) is 4.05. The summed E-state index contributed by atoms with van der Waals surface area (Å²) in [5.74, 6) is 0.781. The molecule has 90 valence electrons. The van der Waals surface area contributed by atoms with Crippen molar-refractivity contribution in [3.8, 4) is 5.75 Å². The van der Waals surface area contributed by atoms with Crippen LogP contribution in [-0.2, 0) is 0 Å². The molecule has 0 radical (unpaired) electrons. The maximum atomic E-state index is 8.74. The first-order valence-electron chi connectivity index (χ1n) is 5.28. The summed E-state index contributed by atoms with van der Waals surface area (Å²) in [5.41, 5.74) is 2.17. The highest BCUT2D eigenvalue weighted by Gasteiger charge is 2.05. The highest BCUT2D eigenvalue weighted by atomic mass is 16.5. The van der Waals surface area contributed by atoms with Crippen LogP contribution in [-0.4, -0.2) is 46.5 Å². The van der Waals surface area contributed by atoms with E-state index in [1.165, 1.54) is 0 Å². The number of nitrogens with zero attached hydrogens (tertiary/aromatic N) is 2. The molecule has 0 aliphatic rings. The van der Waals surface area contributed by atoms with Crippen molar-refractivity contribution in [3.05, 3.63) is 18.2 Å². The van der Waals surface area contributed by atoms with Crippen LogP contribution in [0.25, 0.3) is 0 Å². The number of benzene rings is 1. The highest BCUT2D eigenvalue weighted by molar-refractivity contribution is 5.62. The monoisotopic (exact) mass is 224 g/mol. The van der Waals surface area contributed by atoms with E-state index in [-0.39, 0.29) is 6.61 Å². The lowest BCUT2D eigenvalue weighted by atomic mass is 10.2. The van der Waals surface area contributed by atoms with Gasteiger partial charge in [0.25, 0.3) is 0 Å². The van der Waals surface area contributed by atoms with E-state index in [2.05, 4.69) is 6.07 Å². The molecule has 0 bridgehead atoms. The van der Waals surface area contributed by atoms with E-state index >= 15 is 0 Å². The van der Waals surface area contributed by atoms with Crippen LogP contribution in [0.5, 0.6) is 5.75 Å². The first-order chi connectivity index (χ1) is 7.54. The van der Waals surface area contributed by atoms with E-state index in [0.29, 0.717) is 6.61 Å². The van der Waals surface area contributed by atoms with Gasteiger partial charge in [-0.15, -0.1) is 0 Å². The van der Waals surface area contributed by atoms with E-state index in [9.17, 15) is 0 Å². The molecular weight excluding hydrogens is 204 g/mol. The van der Waals surface area contributed by atoms with Gasteiger partial charge in [-0.05, 0) is 6.07 Å². The molecule has 0 heterocycles. The third kappa shape index (κ3) is 3.31. The zero-order valence-electron chi connectivity index (χ0n) is 10.4. The van der Waals surface area contributed by atoms with Crippen LogP contribution in [0.15, 0.2) is 18.2 Å². The van der Waals surface area contributed by atoms with Gasteiger partial charge in [-0.2, -0.15) is 0 Å². The SMILES string of the molecule is CN(C)c1cc(OCCO)cc(N(C)C)c1. The van der Waals surface area contributed by atoms with Crippen molar-refractivity contribution >= 4 is 11.4 Å². The molecule has 0 fully saturated rings. The van der Waals surface area contributed by atoms with Gasteiger partial charge in [0.05, 0.1) is 6.61 Å². The molecule has 4 nitrogen and oxygen atoms in total. The van der Waals surface area contributed by atoms with Crippen LogP contribution < -0.4 is 14.5 Å². The largest absolute Gasteiger partial charge is 0.491 e. The minimum Gasteiger partial charge on any atom is -0.491 e. The summed E-state index contributed by atoms with van der Waals surface area (Å²) in [6.07, 6.45) is 0. The normalized spacial score (nSPS) is 10.1. The Morgan fingerprint density at radius 2 is 1.50 bits per heavy atom. The maximum absolute atomic E-state index is 8.74. The zero-order chi connectivity index (χ0) is 12.1. The van der Waals surface area contributed by atoms with Crippen LogP contribution in [0.2, 0.25) is 0 Å². The molecule has 0 spiro atoms. The van der Waals surface area contributed by atoms with Gasteiger partial charge in [-0.3, -0.25) is 0 Å². The highest BCUT2D eigenvalue weighted by Crippen LogP contribution is 2.27. The Balaban J connectivity index is 2.99. The Morgan fingerprint density at radius 1 is 1.00 bits per heavy atom. The molecule has 0 aliphatic carbocycles. The van der Waals surface area contributed by atoms with Crippen LogP contribution in [0.1, 0.15) is 0 Å². The summed E-state index contributed by atoms with van der Waals surface area (Å²) in [6.45, 7) is 0.354. The maximum Gasteiger partial charge on any atom is 0.123 e. The molecule has 0 saturated heterocycles. The van der Waals surface area contributed by atoms with Crippen LogP contribution >= 0.6 is 0 Å². The average molecular weight is 224 g/mol. The lowest BCUT2D eigenvalue weighted by Gasteiger charge is -2.19. The minimum atomic E-state index is 0.0312. The van der Waals surface area contributed by atoms with Crippen LogP contribution in [0.3, 0.4) is 0 Å². The fraction of sp³-hybridized carbons (Fsp3) is 0.500. The quantitative estimate of drug-likeness (QED) is 0.815. The van der Waals surface area contributed by atoms with E-state index in [1.54, 1.807) is 0 Å². The standard InChI is InChI=1S/C12H20N2O2/c1-13(2)10-7-11(14(3)4)9-12(8-10)16-6-5-15/h7-9,15H,5-6H2,1-4H3. The lowest BCUT2D eigenvalue weighted by Crippen LogP contribution is -2.13. The molecule has 1 aromatic carbocycles. The molecule has 1 aromatic rings. The molecule has 16 heavy (non-hydrogen) atoms. The first-order valence-corrected chi connectivity index (χ1v) is 5.28. The Bertz CT molecular complexity index is 312. The van der Waals surface area contributed by atoms with Gasteiger partial charge in [0.2, 0.25) is 0 Å². The van der Waals surface area contributed by atoms with Crippen molar-refractivity contribution < 1.29 is 9.84 Å². The lowest BCUT2D eigenvalue weighted by molar-refractivity contribution is 0.201. The number of anilines is 2. The fourth-order valence-electron chi connectivity index (χ4n) is 1.33. The molecule has 1 N–H and O–H groups in total. The summed E-state index contributed by atoms with van der Waals surface area (Å²) < 4.78 is 5.43. The average Bonchev–Trinajstić information content (AvgIpc) is 2.25. The third-order valence-corrected chi connectivity index (χ3v) is 2.27.